The number of benzene rings is 2. The summed E-state index contributed by atoms with van der Waals surface area (Å²) in [6.07, 6.45) is 4.88. The van der Waals surface area contributed by atoms with Gasteiger partial charge in [0.05, 0.1) is 31.3 Å². The molecule has 0 radical (unpaired) electrons. The number of carbonyl (C=O) groups is 1. The Balaban J connectivity index is 1.44. The van der Waals surface area contributed by atoms with Crippen LogP contribution in [0.2, 0.25) is 0 Å². The van der Waals surface area contributed by atoms with E-state index in [1.165, 1.54) is 6.08 Å². The Morgan fingerprint density at radius 1 is 1.00 bits per heavy atom. The fraction of sp³-hybridized carbons (Fsp3) is 0.0769. The van der Waals surface area contributed by atoms with E-state index < -0.39 is 0 Å². The number of nitrogens with zero attached hydrogens (tertiary/aromatic N) is 1. The van der Waals surface area contributed by atoms with Gasteiger partial charge in [0.15, 0.2) is 11.5 Å². The van der Waals surface area contributed by atoms with Gasteiger partial charge in [0, 0.05) is 22.7 Å². The lowest BCUT2D eigenvalue weighted by Crippen LogP contribution is -2.09. The van der Waals surface area contributed by atoms with E-state index >= 15 is 0 Å². The van der Waals surface area contributed by atoms with Crippen LogP contribution in [0.25, 0.3) is 27.8 Å². The monoisotopic (exact) mass is 457 g/mol. The van der Waals surface area contributed by atoms with Crippen LogP contribution in [0.1, 0.15) is 5.56 Å². The number of pyridine rings is 1. The molecule has 3 N–H and O–H groups in total. The van der Waals surface area contributed by atoms with Crippen LogP contribution in [0.15, 0.2) is 78.3 Å². The van der Waals surface area contributed by atoms with Crippen LogP contribution in [-0.4, -0.2) is 25.1 Å². The molecule has 0 aliphatic heterocycles. The Morgan fingerprint density at radius 2 is 1.82 bits per heavy atom. The van der Waals surface area contributed by atoms with Gasteiger partial charge in [-0.25, -0.2) is 0 Å². The molecular weight excluding hydrogens is 434 g/mol. The molecule has 0 bridgehead atoms. The number of nitrogen functional groups attached to an aromatic ring is 1. The Morgan fingerprint density at radius 3 is 2.52 bits per heavy atom. The van der Waals surface area contributed by atoms with Crippen molar-refractivity contribution in [3.8, 4) is 33.2 Å². The topological polar surface area (TPSA) is 86.5 Å². The van der Waals surface area contributed by atoms with Crippen LogP contribution in [0.5, 0.6) is 11.5 Å². The Bertz CT molecular complexity index is 1280. The number of carbonyl (C=O) groups excluding carboxylic acids is 1. The van der Waals surface area contributed by atoms with Gasteiger partial charge in [-0.15, -0.1) is 11.3 Å². The van der Waals surface area contributed by atoms with Gasteiger partial charge >= 0.3 is 0 Å². The molecule has 0 atom stereocenters. The number of hydrogen-bond donors (Lipinski definition) is 2. The van der Waals surface area contributed by atoms with Gasteiger partial charge in [0.25, 0.3) is 0 Å². The van der Waals surface area contributed by atoms with Crippen LogP contribution in [0, 0.1) is 0 Å². The van der Waals surface area contributed by atoms with Gasteiger partial charge < -0.3 is 20.5 Å². The van der Waals surface area contributed by atoms with Gasteiger partial charge in [0.1, 0.15) is 0 Å². The molecule has 0 fully saturated rings. The first kappa shape index (κ1) is 22.1. The minimum absolute atomic E-state index is 0.269. The van der Waals surface area contributed by atoms with Crippen molar-refractivity contribution in [1.29, 1.82) is 0 Å². The van der Waals surface area contributed by atoms with E-state index in [1.54, 1.807) is 43.9 Å². The van der Waals surface area contributed by atoms with Gasteiger partial charge in [-0.2, -0.15) is 0 Å². The zero-order valence-corrected chi connectivity index (χ0v) is 19.1. The molecule has 33 heavy (non-hydrogen) atoms. The van der Waals surface area contributed by atoms with Crippen molar-refractivity contribution in [2.45, 2.75) is 0 Å². The maximum atomic E-state index is 12.5. The minimum Gasteiger partial charge on any atom is -0.493 e. The third kappa shape index (κ3) is 5.22. The quantitative estimate of drug-likeness (QED) is 0.273. The zero-order valence-electron chi connectivity index (χ0n) is 18.2. The molecule has 4 aromatic rings. The lowest BCUT2D eigenvalue weighted by molar-refractivity contribution is -0.111. The van der Waals surface area contributed by atoms with Gasteiger partial charge in [-0.05, 0) is 65.0 Å². The Kier molecular flexibility index (Phi) is 6.71. The minimum atomic E-state index is -0.269. The van der Waals surface area contributed by atoms with E-state index in [2.05, 4.69) is 10.3 Å². The lowest BCUT2D eigenvalue weighted by atomic mass is 10.1. The smallest absolute Gasteiger partial charge is 0.248 e. The fourth-order valence-electron chi connectivity index (χ4n) is 3.28. The molecule has 0 saturated carbocycles. The van der Waals surface area contributed by atoms with E-state index in [0.29, 0.717) is 22.9 Å². The number of amides is 1. The average molecular weight is 458 g/mol. The number of anilines is 2. The molecule has 7 heteroatoms. The number of methoxy groups -OCH3 is 2. The van der Waals surface area contributed by atoms with Crippen molar-refractivity contribution in [3.63, 3.8) is 0 Å². The summed E-state index contributed by atoms with van der Waals surface area (Å²) in [5.74, 6) is 1.03. The second-order valence-corrected chi connectivity index (χ2v) is 8.10. The second-order valence-electron chi connectivity index (χ2n) is 7.15. The SMILES string of the molecule is COc1ccc(-c2ccc(/C=C/C(=O)Nc3cc(-c4cccs4)ccc3N)cn2)cc1OC. The van der Waals surface area contributed by atoms with E-state index in [-0.39, 0.29) is 5.91 Å². The number of rotatable bonds is 7. The molecule has 0 saturated heterocycles. The van der Waals surface area contributed by atoms with Gasteiger partial charge in [0.2, 0.25) is 5.91 Å². The summed E-state index contributed by atoms with van der Waals surface area (Å²) in [6, 6.07) is 19.1. The lowest BCUT2D eigenvalue weighted by Gasteiger charge is -2.09. The molecule has 1 amide bonds. The molecule has 2 heterocycles. The fourth-order valence-corrected chi connectivity index (χ4v) is 4.00. The summed E-state index contributed by atoms with van der Waals surface area (Å²) in [7, 11) is 3.20. The van der Waals surface area contributed by atoms with E-state index in [0.717, 1.165) is 27.3 Å². The van der Waals surface area contributed by atoms with Gasteiger partial charge in [-0.3, -0.25) is 9.78 Å². The number of nitrogens with two attached hydrogens (primary N) is 1. The van der Waals surface area contributed by atoms with Crippen molar-refractivity contribution < 1.29 is 14.3 Å². The van der Waals surface area contributed by atoms with Crippen molar-refractivity contribution >= 4 is 34.7 Å². The second kappa shape index (κ2) is 10.0. The summed E-state index contributed by atoms with van der Waals surface area (Å²) < 4.78 is 10.6. The maximum absolute atomic E-state index is 12.5. The third-order valence-corrected chi connectivity index (χ3v) is 5.93. The molecule has 166 valence electrons. The molecule has 4 rings (SSSR count). The number of nitrogens with one attached hydrogen (secondary N) is 1. The molecule has 0 aliphatic rings. The summed E-state index contributed by atoms with van der Waals surface area (Å²) in [4.78, 5) is 18.1. The number of thiophene rings is 1. The van der Waals surface area contributed by atoms with Crippen molar-refractivity contribution in [1.82, 2.24) is 4.98 Å². The molecule has 2 aromatic carbocycles. The van der Waals surface area contributed by atoms with Crippen molar-refractivity contribution in [3.05, 3.63) is 83.9 Å². The van der Waals surface area contributed by atoms with Crippen LogP contribution in [-0.2, 0) is 4.79 Å². The predicted molar refractivity (Wildman–Crippen MR) is 135 cm³/mol. The normalized spacial score (nSPS) is 10.8. The van der Waals surface area contributed by atoms with Gasteiger partial charge in [-0.1, -0.05) is 18.2 Å². The largest absolute Gasteiger partial charge is 0.493 e. The Hall–Kier alpha value is -4.10. The average Bonchev–Trinajstić information content (AvgIpc) is 3.39. The highest BCUT2D eigenvalue weighted by molar-refractivity contribution is 7.13. The summed E-state index contributed by atoms with van der Waals surface area (Å²) in [5.41, 5.74) is 10.6. The number of hydrogen-bond acceptors (Lipinski definition) is 6. The maximum Gasteiger partial charge on any atom is 0.248 e. The first-order chi connectivity index (χ1) is 16.1. The molecule has 0 unspecified atom stereocenters. The van der Waals surface area contributed by atoms with E-state index in [9.17, 15) is 4.79 Å². The zero-order chi connectivity index (χ0) is 23.2. The first-order valence-electron chi connectivity index (χ1n) is 10.2. The predicted octanol–water partition coefficient (Wildman–Crippen LogP) is 5.73. The highest BCUT2D eigenvalue weighted by Gasteiger charge is 2.08. The van der Waals surface area contributed by atoms with Crippen LogP contribution in [0.4, 0.5) is 11.4 Å². The van der Waals surface area contributed by atoms with Crippen LogP contribution in [0.3, 0.4) is 0 Å². The molecule has 0 spiro atoms. The molecular formula is C26H23N3O3S. The number of aromatic nitrogens is 1. The molecule has 6 nitrogen and oxygen atoms in total. The molecule has 0 aliphatic carbocycles. The highest BCUT2D eigenvalue weighted by Crippen LogP contribution is 2.32. The molecule has 2 aromatic heterocycles. The van der Waals surface area contributed by atoms with E-state index in [4.69, 9.17) is 15.2 Å². The van der Waals surface area contributed by atoms with Crippen LogP contribution >= 0.6 is 11.3 Å². The number of ether oxygens (including phenoxy) is 2. The summed E-state index contributed by atoms with van der Waals surface area (Å²) >= 11 is 1.63. The standard InChI is InChI=1S/C26H23N3O3S/c1-31-23-11-8-18(15-24(23)32-2)21-10-5-17(16-28-21)6-12-26(30)29-22-14-19(7-9-20(22)27)25-4-3-13-33-25/h3-16H,27H2,1-2H3,(H,29,30)/b12-6+. The third-order valence-electron chi connectivity index (χ3n) is 5.01. The first-order valence-corrected chi connectivity index (χ1v) is 11.1. The highest BCUT2D eigenvalue weighted by atomic mass is 32.1. The van der Waals surface area contributed by atoms with Crippen molar-refractivity contribution in [2.24, 2.45) is 0 Å². The summed E-state index contributed by atoms with van der Waals surface area (Å²) in [5, 5.41) is 4.86. The van der Waals surface area contributed by atoms with Crippen LogP contribution < -0.4 is 20.5 Å². The van der Waals surface area contributed by atoms with Crippen molar-refractivity contribution in [2.75, 3.05) is 25.3 Å². The Labute approximate surface area is 196 Å². The van der Waals surface area contributed by atoms with E-state index in [1.807, 2.05) is 60.0 Å². The summed E-state index contributed by atoms with van der Waals surface area (Å²) in [6.45, 7) is 0.